The van der Waals surface area contributed by atoms with Gasteiger partial charge >= 0.3 is 0 Å². The van der Waals surface area contributed by atoms with Crippen LogP contribution in [0.25, 0.3) is 0 Å². The first-order valence-corrected chi connectivity index (χ1v) is 4.67. The zero-order chi connectivity index (χ0) is 8.44. The van der Waals surface area contributed by atoms with E-state index in [1.807, 2.05) is 6.26 Å². The van der Waals surface area contributed by atoms with Crippen LogP contribution in [0.5, 0.6) is 0 Å². The quantitative estimate of drug-likeness (QED) is 0.558. The molecule has 2 rings (SSSR count). The van der Waals surface area contributed by atoms with Crippen LogP contribution < -0.4 is 0 Å². The molecule has 0 aromatic heterocycles. The summed E-state index contributed by atoms with van der Waals surface area (Å²) in [5.41, 5.74) is 1.99. The topological polar surface area (TPSA) is 18.5 Å². The van der Waals surface area contributed by atoms with Gasteiger partial charge in [0.2, 0.25) is 0 Å². The van der Waals surface area contributed by atoms with Crippen molar-refractivity contribution in [3.8, 4) is 0 Å². The van der Waals surface area contributed by atoms with Crippen LogP contribution in [0, 0.1) is 5.41 Å². The second-order valence-corrected chi connectivity index (χ2v) is 3.77. The van der Waals surface area contributed by atoms with E-state index >= 15 is 0 Å². The van der Waals surface area contributed by atoms with Crippen molar-refractivity contribution in [1.82, 2.24) is 0 Å². The lowest BCUT2D eigenvalue weighted by molar-refractivity contribution is 0.00568. The van der Waals surface area contributed by atoms with Gasteiger partial charge in [-0.15, -0.1) is 0 Å². The van der Waals surface area contributed by atoms with E-state index in [1.54, 1.807) is 7.11 Å². The number of hydrogen-bond donors (Lipinski definition) is 0. The Kier molecular flexibility index (Phi) is 2.09. The Morgan fingerprint density at radius 3 is 2.58 bits per heavy atom. The van der Waals surface area contributed by atoms with E-state index in [2.05, 4.69) is 0 Å². The average Bonchev–Trinajstić information content (AvgIpc) is 2.14. The van der Waals surface area contributed by atoms with E-state index < -0.39 is 0 Å². The van der Waals surface area contributed by atoms with E-state index in [0.29, 0.717) is 5.41 Å². The van der Waals surface area contributed by atoms with Gasteiger partial charge in [-0.1, -0.05) is 0 Å². The first-order chi connectivity index (χ1) is 5.87. The minimum atomic E-state index is 0.480. The maximum Gasteiger partial charge on any atom is 0.0822 e. The summed E-state index contributed by atoms with van der Waals surface area (Å²) in [7, 11) is 1.73. The highest BCUT2D eigenvalue weighted by molar-refractivity contribution is 5.22. The Morgan fingerprint density at radius 1 is 1.33 bits per heavy atom. The predicted octanol–water partition coefficient (Wildman–Crippen LogP) is 2.11. The second-order valence-electron chi connectivity index (χ2n) is 3.77. The third kappa shape index (κ3) is 1.14. The molecule has 2 fully saturated rings. The van der Waals surface area contributed by atoms with Crippen molar-refractivity contribution in [2.45, 2.75) is 25.7 Å². The summed E-state index contributed by atoms with van der Waals surface area (Å²) in [6.07, 6.45) is 6.90. The van der Waals surface area contributed by atoms with Gasteiger partial charge in [-0.3, -0.25) is 0 Å². The molecule has 1 aliphatic heterocycles. The molecule has 1 aliphatic carbocycles. The summed E-state index contributed by atoms with van der Waals surface area (Å²) in [5.74, 6) is 0. The SMILES string of the molecule is COC=C1CCC12CCOCC2. The monoisotopic (exact) mass is 168 g/mol. The maximum absolute atomic E-state index is 5.36. The van der Waals surface area contributed by atoms with Gasteiger partial charge in [0.05, 0.1) is 13.4 Å². The molecule has 0 amide bonds. The molecule has 0 atom stereocenters. The van der Waals surface area contributed by atoms with E-state index in [-0.39, 0.29) is 0 Å². The molecule has 12 heavy (non-hydrogen) atoms. The number of rotatable bonds is 1. The summed E-state index contributed by atoms with van der Waals surface area (Å²) in [6.45, 7) is 1.86. The van der Waals surface area contributed by atoms with E-state index in [4.69, 9.17) is 9.47 Å². The van der Waals surface area contributed by atoms with E-state index in [9.17, 15) is 0 Å². The normalized spacial score (nSPS) is 30.2. The molecule has 0 radical (unpaired) electrons. The second kappa shape index (κ2) is 3.09. The molecule has 1 saturated carbocycles. The van der Waals surface area contributed by atoms with Crippen molar-refractivity contribution < 1.29 is 9.47 Å². The Morgan fingerprint density at radius 2 is 2.08 bits per heavy atom. The zero-order valence-electron chi connectivity index (χ0n) is 7.64. The molecule has 2 heteroatoms. The van der Waals surface area contributed by atoms with Crippen LogP contribution in [0.15, 0.2) is 11.8 Å². The van der Waals surface area contributed by atoms with Crippen molar-refractivity contribution >= 4 is 0 Å². The van der Waals surface area contributed by atoms with Gasteiger partial charge in [-0.05, 0) is 36.7 Å². The zero-order valence-corrected chi connectivity index (χ0v) is 7.64. The van der Waals surface area contributed by atoms with Gasteiger partial charge in [-0.2, -0.15) is 0 Å². The van der Waals surface area contributed by atoms with Crippen LogP contribution in [0.2, 0.25) is 0 Å². The first-order valence-electron chi connectivity index (χ1n) is 4.67. The van der Waals surface area contributed by atoms with Crippen molar-refractivity contribution in [3.63, 3.8) is 0 Å². The highest BCUT2D eigenvalue weighted by atomic mass is 16.5. The largest absolute Gasteiger partial charge is 0.504 e. The van der Waals surface area contributed by atoms with Crippen LogP contribution in [0.3, 0.4) is 0 Å². The van der Waals surface area contributed by atoms with Crippen LogP contribution in [0.4, 0.5) is 0 Å². The molecule has 1 heterocycles. The summed E-state index contributed by atoms with van der Waals surface area (Å²) < 4.78 is 10.4. The predicted molar refractivity (Wildman–Crippen MR) is 46.8 cm³/mol. The molecule has 1 saturated heterocycles. The van der Waals surface area contributed by atoms with Gasteiger partial charge in [-0.25, -0.2) is 0 Å². The number of ether oxygens (including phenoxy) is 2. The first kappa shape index (κ1) is 8.11. The fourth-order valence-electron chi connectivity index (χ4n) is 2.28. The molecular formula is C10H16O2. The van der Waals surface area contributed by atoms with Crippen LogP contribution >= 0.6 is 0 Å². The van der Waals surface area contributed by atoms with Gasteiger partial charge in [0, 0.05) is 13.2 Å². The Balaban J connectivity index is 2.05. The molecule has 0 bridgehead atoms. The van der Waals surface area contributed by atoms with Crippen molar-refractivity contribution in [3.05, 3.63) is 11.8 Å². The fourth-order valence-corrected chi connectivity index (χ4v) is 2.28. The van der Waals surface area contributed by atoms with E-state index in [0.717, 1.165) is 13.2 Å². The minimum Gasteiger partial charge on any atom is -0.504 e. The van der Waals surface area contributed by atoms with Crippen molar-refractivity contribution in [2.75, 3.05) is 20.3 Å². The third-order valence-corrected chi connectivity index (χ3v) is 3.26. The lowest BCUT2D eigenvalue weighted by Crippen LogP contribution is -2.38. The molecular weight excluding hydrogens is 152 g/mol. The molecule has 0 N–H and O–H groups in total. The summed E-state index contributed by atoms with van der Waals surface area (Å²) in [5, 5.41) is 0. The van der Waals surface area contributed by atoms with Gasteiger partial charge in [0.1, 0.15) is 0 Å². The molecule has 0 unspecified atom stereocenters. The lowest BCUT2D eigenvalue weighted by Gasteiger charge is -2.46. The highest BCUT2D eigenvalue weighted by Gasteiger charge is 2.43. The van der Waals surface area contributed by atoms with Gasteiger partial charge in [0.15, 0.2) is 0 Å². The van der Waals surface area contributed by atoms with Gasteiger partial charge in [0.25, 0.3) is 0 Å². The molecule has 2 nitrogen and oxygen atoms in total. The fraction of sp³-hybridized carbons (Fsp3) is 0.800. The molecule has 2 aliphatic rings. The lowest BCUT2D eigenvalue weighted by atomic mass is 9.61. The Labute approximate surface area is 73.5 Å². The van der Waals surface area contributed by atoms with Crippen molar-refractivity contribution in [2.24, 2.45) is 5.41 Å². The molecule has 0 aromatic rings. The summed E-state index contributed by atoms with van der Waals surface area (Å²) >= 11 is 0. The van der Waals surface area contributed by atoms with Crippen LogP contribution in [0.1, 0.15) is 25.7 Å². The van der Waals surface area contributed by atoms with Gasteiger partial charge < -0.3 is 9.47 Å². The molecule has 0 aromatic carbocycles. The number of hydrogen-bond acceptors (Lipinski definition) is 2. The standard InChI is InChI=1S/C10H16O2/c1-11-8-9-2-3-10(9)4-6-12-7-5-10/h8H,2-7H2,1H3. The van der Waals surface area contributed by atoms with E-state index in [1.165, 1.54) is 31.3 Å². The average molecular weight is 168 g/mol. The minimum absolute atomic E-state index is 0.480. The van der Waals surface area contributed by atoms with Crippen molar-refractivity contribution in [1.29, 1.82) is 0 Å². The summed E-state index contributed by atoms with van der Waals surface area (Å²) in [6, 6.07) is 0. The smallest absolute Gasteiger partial charge is 0.0822 e. The van der Waals surface area contributed by atoms with Crippen LogP contribution in [-0.2, 0) is 9.47 Å². The van der Waals surface area contributed by atoms with Crippen LogP contribution in [-0.4, -0.2) is 20.3 Å². The summed E-state index contributed by atoms with van der Waals surface area (Å²) in [4.78, 5) is 0. The highest BCUT2D eigenvalue weighted by Crippen LogP contribution is 2.52. The molecule has 1 spiro atoms. The molecule has 68 valence electrons. The maximum atomic E-state index is 5.36. The third-order valence-electron chi connectivity index (χ3n) is 3.26. The Bertz CT molecular complexity index is 190. The number of allylic oxidation sites excluding steroid dienone is 1. The number of methoxy groups -OCH3 is 1. The Hall–Kier alpha value is -0.500.